The largest absolute Gasteiger partial charge is 0.495 e. The topological polar surface area (TPSA) is 50.4 Å². The third kappa shape index (κ3) is 1.64. The number of carbonyl (C=O) groups is 1. The lowest BCUT2D eigenvalue weighted by atomic mass is 9.76. The van der Waals surface area contributed by atoms with Crippen molar-refractivity contribution in [2.24, 2.45) is 5.92 Å². The van der Waals surface area contributed by atoms with E-state index in [2.05, 4.69) is 16.7 Å². The molecule has 2 aliphatic rings. The average Bonchev–Trinajstić information content (AvgIpc) is 2.26. The molecular formula is C13H16N2O2. The van der Waals surface area contributed by atoms with Gasteiger partial charge in [-0.05, 0) is 24.8 Å². The molecule has 1 heterocycles. The maximum atomic E-state index is 11.7. The number of hydrogen-bond acceptors (Lipinski definition) is 2. The molecule has 17 heavy (non-hydrogen) atoms. The van der Waals surface area contributed by atoms with Crippen LogP contribution in [0.5, 0.6) is 5.75 Å². The molecule has 0 aromatic heterocycles. The van der Waals surface area contributed by atoms with Crippen LogP contribution in [-0.4, -0.2) is 13.1 Å². The number of anilines is 1. The van der Waals surface area contributed by atoms with Gasteiger partial charge in [0.2, 0.25) is 0 Å². The predicted molar refractivity (Wildman–Crippen MR) is 65.2 cm³/mol. The number of urea groups is 1. The standard InChI is InChI=1S/C13H16N2O2/c1-17-10-7-3-6-9-11(8-4-2-5-8)14-13(16)15-12(9)10/h3,6-8,11H,2,4-5H2,1H3,(H2,14,15,16). The summed E-state index contributed by atoms with van der Waals surface area (Å²) in [6.07, 6.45) is 3.66. The Balaban J connectivity index is 2.03. The van der Waals surface area contributed by atoms with E-state index in [0.29, 0.717) is 5.92 Å². The number of nitrogens with one attached hydrogen (secondary N) is 2. The molecule has 4 nitrogen and oxygen atoms in total. The maximum Gasteiger partial charge on any atom is 0.319 e. The van der Waals surface area contributed by atoms with Gasteiger partial charge in [0, 0.05) is 5.56 Å². The third-order valence-electron chi connectivity index (χ3n) is 3.76. The van der Waals surface area contributed by atoms with Gasteiger partial charge in [0.1, 0.15) is 5.75 Å². The number of benzene rings is 1. The van der Waals surface area contributed by atoms with Crippen LogP contribution < -0.4 is 15.4 Å². The highest BCUT2D eigenvalue weighted by Gasteiger charge is 2.35. The molecule has 1 aliphatic heterocycles. The number of fused-ring (bicyclic) bond motifs is 1. The van der Waals surface area contributed by atoms with E-state index in [1.165, 1.54) is 19.3 Å². The second-order valence-corrected chi connectivity index (χ2v) is 4.69. The quantitative estimate of drug-likeness (QED) is 0.823. The SMILES string of the molecule is COc1cccc2c1NC(=O)NC2C1CCC1. The lowest BCUT2D eigenvalue weighted by molar-refractivity contribution is 0.212. The molecule has 0 spiro atoms. The second kappa shape index (κ2) is 3.95. The number of para-hydroxylation sites is 1. The molecule has 1 saturated carbocycles. The summed E-state index contributed by atoms with van der Waals surface area (Å²) in [7, 11) is 1.63. The summed E-state index contributed by atoms with van der Waals surface area (Å²) in [6.45, 7) is 0. The minimum absolute atomic E-state index is 0.126. The number of ether oxygens (including phenoxy) is 1. The minimum atomic E-state index is -0.126. The molecule has 3 rings (SSSR count). The van der Waals surface area contributed by atoms with E-state index in [1.54, 1.807) is 7.11 Å². The van der Waals surface area contributed by atoms with Gasteiger partial charge in [0.25, 0.3) is 0 Å². The molecule has 90 valence electrons. The third-order valence-corrected chi connectivity index (χ3v) is 3.76. The summed E-state index contributed by atoms with van der Waals surface area (Å²) >= 11 is 0. The van der Waals surface area contributed by atoms with Crippen LogP contribution in [0, 0.1) is 5.92 Å². The summed E-state index contributed by atoms with van der Waals surface area (Å²) in [5, 5.41) is 5.86. The van der Waals surface area contributed by atoms with Crippen LogP contribution in [0.25, 0.3) is 0 Å². The predicted octanol–water partition coefficient (Wildman–Crippen LogP) is 2.67. The molecule has 1 aliphatic carbocycles. The fraction of sp³-hybridized carbons (Fsp3) is 0.462. The summed E-state index contributed by atoms with van der Waals surface area (Å²) in [4.78, 5) is 11.7. The van der Waals surface area contributed by atoms with E-state index in [4.69, 9.17) is 4.74 Å². The Bertz CT molecular complexity index is 455. The monoisotopic (exact) mass is 232 g/mol. The number of amides is 2. The van der Waals surface area contributed by atoms with Gasteiger partial charge in [-0.25, -0.2) is 4.79 Å². The van der Waals surface area contributed by atoms with Crippen LogP contribution >= 0.6 is 0 Å². The molecule has 1 atom stereocenters. The molecule has 1 unspecified atom stereocenters. The van der Waals surface area contributed by atoms with Crippen molar-refractivity contribution in [1.29, 1.82) is 0 Å². The van der Waals surface area contributed by atoms with E-state index < -0.39 is 0 Å². The molecule has 0 radical (unpaired) electrons. The van der Waals surface area contributed by atoms with Gasteiger partial charge in [-0.2, -0.15) is 0 Å². The van der Waals surface area contributed by atoms with E-state index in [0.717, 1.165) is 17.0 Å². The van der Waals surface area contributed by atoms with Crippen LogP contribution in [-0.2, 0) is 0 Å². The molecule has 4 heteroatoms. The zero-order chi connectivity index (χ0) is 11.8. The van der Waals surface area contributed by atoms with Crippen molar-refractivity contribution < 1.29 is 9.53 Å². The van der Waals surface area contributed by atoms with Crippen molar-refractivity contribution in [3.8, 4) is 5.75 Å². The van der Waals surface area contributed by atoms with Gasteiger partial charge in [-0.3, -0.25) is 0 Å². The van der Waals surface area contributed by atoms with Crippen LogP contribution in [0.3, 0.4) is 0 Å². The van der Waals surface area contributed by atoms with Gasteiger partial charge >= 0.3 is 6.03 Å². The molecule has 1 fully saturated rings. The number of carbonyl (C=O) groups excluding carboxylic acids is 1. The van der Waals surface area contributed by atoms with E-state index in [9.17, 15) is 4.79 Å². The Morgan fingerprint density at radius 1 is 1.35 bits per heavy atom. The lowest BCUT2D eigenvalue weighted by Gasteiger charge is -2.38. The Morgan fingerprint density at radius 3 is 2.82 bits per heavy atom. The van der Waals surface area contributed by atoms with Crippen LogP contribution in [0.15, 0.2) is 18.2 Å². The zero-order valence-corrected chi connectivity index (χ0v) is 9.82. The first-order valence-corrected chi connectivity index (χ1v) is 6.04. The summed E-state index contributed by atoms with van der Waals surface area (Å²) in [6, 6.07) is 5.93. The Morgan fingerprint density at radius 2 is 2.18 bits per heavy atom. The van der Waals surface area contributed by atoms with E-state index >= 15 is 0 Å². The first kappa shape index (κ1) is 10.4. The first-order chi connectivity index (χ1) is 8.29. The van der Waals surface area contributed by atoms with Crippen molar-refractivity contribution in [2.75, 3.05) is 12.4 Å². The number of rotatable bonds is 2. The molecule has 2 N–H and O–H groups in total. The van der Waals surface area contributed by atoms with Gasteiger partial charge in [-0.1, -0.05) is 18.6 Å². The van der Waals surface area contributed by atoms with Crippen molar-refractivity contribution in [3.63, 3.8) is 0 Å². The van der Waals surface area contributed by atoms with Crippen molar-refractivity contribution in [1.82, 2.24) is 5.32 Å². The smallest absolute Gasteiger partial charge is 0.319 e. The fourth-order valence-corrected chi connectivity index (χ4v) is 2.62. The second-order valence-electron chi connectivity index (χ2n) is 4.69. The molecule has 1 aromatic carbocycles. The molecule has 0 bridgehead atoms. The van der Waals surface area contributed by atoms with Gasteiger partial charge < -0.3 is 15.4 Å². The highest BCUT2D eigenvalue weighted by Crippen LogP contribution is 2.44. The zero-order valence-electron chi connectivity index (χ0n) is 9.82. The highest BCUT2D eigenvalue weighted by molar-refractivity contribution is 5.95. The Hall–Kier alpha value is -1.71. The van der Waals surface area contributed by atoms with Crippen LogP contribution in [0.1, 0.15) is 30.9 Å². The summed E-state index contributed by atoms with van der Waals surface area (Å²) in [5.41, 5.74) is 1.98. The molecule has 1 aromatic rings. The van der Waals surface area contributed by atoms with E-state index in [1.807, 2.05) is 12.1 Å². The highest BCUT2D eigenvalue weighted by atomic mass is 16.5. The number of methoxy groups -OCH3 is 1. The average molecular weight is 232 g/mol. The summed E-state index contributed by atoms with van der Waals surface area (Å²) in [5.74, 6) is 1.31. The normalized spacial score (nSPS) is 23.1. The van der Waals surface area contributed by atoms with Crippen LogP contribution in [0.4, 0.5) is 10.5 Å². The minimum Gasteiger partial charge on any atom is -0.495 e. The van der Waals surface area contributed by atoms with Gasteiger partial charge in [-0.15, -0.1) is 0 Å². The van der Waals surface area contributed by atoms with Gasteiger partial charge in [0.15, 0.2) is 0 Å². The first-order valence-electron chi connectivity index (χ1n) is 6.04. The van der Waals surface area contributed by atoms with Crippen molar-refractivity contribution in [3.05, 3.63) is 23.8 Å². The van der Waals surface area contributed by atoms with Crippen LogP contribution in [0.2, 0.25) is 0 Å². The Labute approximate surface area is 100 Å². The number of hydrogen-bond donors (Lipinski definition) is 2. The maximum absolute atomic E-state index is 11.7. The lowest BCUT2D eigenvalue weighted by Crippen LogP contribution is -2.42. The Kier molecular flexibility index (Phi) is 2.42. The molecular weight excluding hydrogens is 216 g/mol. The van der Waals surface area contributed by atoms with E-state index in [-0.39, 0.29) is 12.1 Å². The molecule has 2 amide bonds. The van der Waals surface area contributed by atoms with Gasteiger partial charge in [0.05, 0.1) is 18.8 Å². The summed E-state index contributed by atoms with van der Waals surface area (Å²) < 4.78 is 5.30. The van der Waals surface area contributed by atoms with Crippen molar-refractivity contribution in [2.45, 2.75) is 25.3 Å². The fourth-order valence-electron chi connectivity index (χ4n) is 2.62. The molecule has 0 saturated heterocycles. The van der Waals surface area contributed by atoms with Crippen molar-refractivity contribution >= 4 is 11.7 Å².